The molecule has 3 amide bonds. The molecule has 8 rings (SSSR count). The summed E-state index contributed by atoms with van der Waals surface area (Å²) in [6.07, 6.45) is 2.79. The van der Waals surface area contributed by atoms with E-state index < -0.39 is 6.09 Å². The van der Waals surface area contributed by atoms with Crippen molar-refractivity contribution in [3.63, 3.8) is 0 Å². The number of nitrogens with zero attached hydrogens (tertiary/aromatic N) is 4. The van der Waals surface area contributed by atoms with Crippen molar-refractivity contribution >= 4 is 34.5 Å². The van der Waals surface area contributed by atoms with E-state index in [4.69, 9.17) is 4.74 Å². The Hall–Kier alpha value is -6.09. The van der Waals surface area contributed by atoms with Crippen molar-refractivity contribution in [2.24, 2.45) is 7.05 Å². The highest BCUT2D eigenvalue weighted by molar-refractivity contribution is 6.08. The SMILES string of the molecule is Cc1c(C(=O)N(C)c2ccccc2)cc(-c2cc3c(cc2C(=O)N2Cc4ccccc4C[C@H]2C)CN(C(=O)Oc2ccc4[nH]ccc4c2)CC3)n1C. The fraction of sp³-hybridized carbons (Fsp3) is 0.233. The Labute approximate surface area is 303 Å². The summed E-state index contributed by atoms with van der Waals surface area (Å²) in [5.41, 5.74) is 9.66. The molecule has 0 saturated carbocycles. The number of carbonyl (C=O) groups excluding carboxylic acids is 3. The van der Waals surface area contributed by atoms with Crippen molar-refractivity contribution in [1.82, 2.24) is 19.4 Å². The van der Waals surface area contributed by atoms with E-state index in [0.29, 0.717) is 42.9 Å². The van der Waals surface area contributed by atoms with E-state index in [9.17, 15) is 14.4 Å². The van der Waals surface area contributed by atoms with Crippen molar-refractivity contribution in [3.8, 4) is 17.0 Å². The van der Waals surface area contributed by atoms with Crippen molar-refractivity contribution in [1.29, 1.82) is 0 Å². The highest BCUT2D eigenvalue weighted by Gasteiger charge is 2.32. The van der Waals surface area contributed by atoms with Gasteiger partial charge in [-0.3, -0.25) is 9.59 Å². The van der Waals surface area contributed by atoms with E-state index in [2.05, 4.69) is 30.1 Å². The van der Waals surface area contributed by atoms with Gasteiger partial charge in [-0.1, -0.05) is 42.5 Å². The van der Waals surface area contributed by atoms with Crippen molar-refractivity contribution in [3.05, 3.63) is 142 Å². The number of aromatic nitrogens is 2. The summed E-state index contributed by atoms with van der Waals surface area (Å²) < 4.78 is 7.83. The Bertz CT molecular complexity index is 2360. The summed E-state index contributed by atoms with van der Waals surface area (Å²) in [7, 11) is 3.72. The van der Waals surface area contributed by atoms with Crippen molar-refractivity contribution < 1.29 is 19.1 Å². The minimum Gasteiger partial charge on any atom is -0.410 e. The molecule has 0 saturated heterocycles. The molecule has 9 heteroatoms. The second kappa shape index (κ2) is 13.2. The highest BCUT2D eigenvalue weighted by Crippen LogP contribution is 2.36. The second-order valence-corrected chi connectivity index (χ2v) is 14.0. The number of carbonyl (C=O) groups is 3. The van der Waals surface area contributed by atoms with Gasteiger partial charge in [-0.05, 0) is 104 Å². The molecule has 2 aliphatic rings. The topological polar surface area (TPSA) is 90.9 Å². The lowest BCUT2D eigenvalue weighted by Gasteiger charge is -2.36. The van der Waals surface area contributed by atoms with Gasteiger partial charge >= 0.3 is 6.09 Å². The van der Waals surface area contributed by atoms with Gasteiger partial charge in [0.05, 0.1) is 5.56 Å². The number of ether oxygens (including phenoxy) is 1. The predicted octanol–water partition coefficient (Wildman–Crippen LogP) is 7.90. The van der Waals surface area contributed by atoms with Crippen molar-refractivity contribution in [2.45, 2.75) is 45.8 Å². The van der Waals surface area contributed by atoms with Gasteiger partial charge in [0.15, 0.2) is 0 Å². The molecule has 9 nitrogen and oxygen atoms in total. The van der Waals surface area contributed by atoms with Crippen LogP contribution in [0.5, 0.6) is 5.75 Å². The van der Waals surface area contributed by atoms with E-state index in [0.717, 1.165) is 56.7 Å². The number of H-pyrrole nitrogens is 1. The summed E-state index contributed by atoms with van der Waals surface area (Å²) in [4.78, 5) is 50.6. The molecular formula is C43H41N5O4. The molecule has 1 N–H and O–H groups in total. The van der Waals surface area contributed by atoms with Gasteiger partial charge < -0.3 is 29.0 Å². The second-order valence-electron chi connectivity index (χ2n) is 14.0. The molecule has 1 atom stereocenters. The maximum atomic E-state index is 14.8. The first-order chi connectivity index (χ1) is 25.2. The van der Waals surface area contributed by atoms with E-state index in [1.54, 1.807) is 22.9 Å². The van der Waals surface area contributed by atoms with Crippen LogP contribution in [0.1, 0.15) is 55.6 Å². The molecule has 262 valence electrons. The largest absolute Gasteiger partial charge is 0.415 e. The lowest BCUT2D eigenvalue weighted by atomic mass is 9.90. The summed E-state index contributed by atoms with van der Waals surface area (Å²) in [6, 6.07) is 31.3. The Kier molecular flexibility index (Phi) is 8.41. The van der Waals surface area contributed by atoms with Crippen LogP contribution in [0.3, 0.4) is 0 Å². The Morgan fingerprint density at radius 2 is 1.60 bits per heavy atom. The average molecular weight is 692 g/mol. The molecule has 52 heavy (non-hydrogen) atoms. The van der Waals surface area contributed by atoms with E-state index in [-0.39, 0.29) is 17.9 Å². The number of anilines is 1. The van der Waals surface area contributed by atoms with Gasteiger partial charge in [-0.25, -0.2) is 4.79 Å². The predicted molar refractivity (Wildman–Crippen MR) is 203 cm³/mol. The third-order valence-corrected chi connectivity index (χ3v) is 10.8. The van der Waals surface area contributed by atoms with Crippen LogP contribution in [-0.2, 0) is 33.0 Å². The highest BCUT2D eigenvalue weighted by atomic mass is 16.6. The number of rotatable bonds is 5. The van der Waals surface area contributed by atoms with Crippen LogP contribution in [-0.4, -0.2) is 56.9 Å². The molecule has 4 aromatic carbocycles. The zero-order valence-electron chi connectivity index (χ0n) is 29.8. The molecule has 2 aliphatic heterocycles. The third kappa shape index (κ3) is 5.92. The van der Waals surface area contributed by atoms with Gasteiger partial charge in [0.2, 0.25) is 0 Å². The molecule has 0 radical (unpaired) electrons. The number of aromatic amines is 1. The first kappa shape index (κ1) is 33.1. The zero-order chi connectivity index (χ0) is 36.1. The van der Waals surface area contributed by atoms with Gasteiger partial charge in [0.25, 0.3) is 11.8 Å². The maximum Gasteiger partial charge on any atom is 0.415 e. The van der Waals surface area contributed by atoms with E-state index in [1.807, 2.05) is 102 Å². The summed E-state index contributed by atoms with van der Waals surface area (Å²) in [5, 5.41) is 0.965. The molecular weight excluding hydrogens is 651 g/mol. The molecule has 0 spiro atoms. The normalized spacial score (nSPS) is 15.3. The van der Waals surface area contributed by atoms with Crippen LogP contribution in [0, 0.1) is 6.92 Å². The summed E-state index contributed by atoms with van der Waals surface area (Å²) in [6.45, 7) is 5.34. The zero-order valence-corrected chi connectivity index (χ0v) is 29.8. The number of hydrogen-bond donors (Lipinski definition) is 1. The molecule has 0 unspecified atom stereocenters. The standard InChI is InChI=1S/C43H41N5O4/c1-27-20-29-10-8-9-11-32(29)26-48(27)42(50)38-23-33-25-47(43(51)52-35-14-15-39-31(21-35)16-18-44-39)19-17-30(33)22-37(38)40-24-36(28(2)45(40)3)41(49)46(4)34-12-6-5-7-13-34/h5-16,18,21-24,27,44H,17,19-20,25-26H2,1-4H3/t27-/m1/s1. The number of hydrogen-bond acceptors (Lipinski definition) is 4. The number of para-hydroxylation sites is 1. The fourth-order valence-electron chi connectivity index (χ4n) is 7.64. The number of amides is 3. The van der Waals surface area contributed by atoms with Crippen LogP contribution in [0.2, 0.25) is 0 Å². The van der Waals surface area contributed by atoms with Gasteiger partial charge in [-0.15, -0.1) is 0 Å². The number of nitrogens with one attached hydrogen (secondary N) is 1. The number of fused-ring (bicyclic) bond motifs is 3. The molecule has 2 aromatic heterocycles. The summed E-state index contributed by atoms with van der Waals surface area (Å²) >= 11 is 0. The quantitative estimate of drug-likeness (QED) is 0.199. The first-order valence-electron chi connectivity index (χ1n) is 17.7. The fourth-order valence-corrected chi connectivity index (χ4v) is 7.64. The smallest absolute Gasteiger partial charge is 0.410 e. The maximum absolute atomic E-state index is 14.8. The third-order valence-electron chi connectivity index (χ3n) is 10.8. The molecule has 0 bridgehead atoms. The summed E-state index contributed by atoms with van der Waals surface area (Å²) in [5.74, 6) is 0.283. The Morgan fingerprint density at radius 1 is 0.827 bits per heavy atom. The first-order valence-corrected chi connectivity index (χ1v) is 17.7. The minimum atomic E-state index is -0.428. The van der Waals surface area contributed by atoms with Crippen LogP contribution < -0.4 is 9.64 Å². The lowest BCUT2D eigenvalue weighted by Crippen LogP contribution is -2.43. The van der Waals surface area contributed by atoms with Crippen molar-refractivity contribution in [2.75, 3.05) is 18.5 Å². The van der Waals surface area contributed by atoms with Crippen LogP contribution in [0.25, 0.3) is 22.2 Å². The molecule has 0 fully saturated rings. The average Bonchev–Trinajstić information content (AvgIpc) is 3.76. The van der Waals surface area contributed by atoms with Gasteiger partial charge in [-0.2, -0.15) is 0 Å². The molecule has 6 aromatic rings. The Balaban J connectivity index is 1.16. The molecule has 0 aliphatic carbocycles. The van der Waals surface area contributed by atoms with Gasteiger partial charge in [0.1, 0.15) is 5.75 Å². The van der Waals surface area contributed by atoms with Crippen LogP contribution in [0.15, 0.2) is 103 Å². The number of benzene rings is 4. The van der Waals surface area contributed by atoms with E-state index in [1.165, 1.54) is 5.56 Å². The lowest BCUT2D eigenvalue weighted by molar-refractivity contribution is 0.0658. The van der Waals surface area contributed by atoms with Gasteiger partial charge in [0, 0.05) is 85.1 Å². The van der Waals surface area contributed by atoms with E-state index >= 15 is 0 Å². The Morgan fingerprint density at radius 3 is 2.40 bits per heavy atom. The molecule has 4 heterocycles. The van der Waals surface area contributed by atoms with Crippen LogP contribution >= 0.6 is 0 Å². The minimum absolute atomic E-state index is 0.0121. The monoisotopic (exact) mass is 691 g/mol. The van der Waals surface area contributed by atoms with Crippen LogP contribution in [0.4, 0.5) is 10.5 Å².